The van der Waals surface area contributed by atoms with Crippen LogP contribution in [0.1, 0.15) is 24.2 Å². The van der Waals surface area contributed by atoms with Gasteiger partial charge in [-0.1, -0.05) is 0 Å². The number of hydrogen-bond acceptors (Lipinski definition) is 5. The fourth-order valence-corrected chi connectivity index (χ4v) is 1.78. The van der Waals surface area contributed by atoms with E-state index in [1.165, 1.54) is 6.20 Å². The van der Waals surface area contributed by atoms with Gasteiger partial charge in [0.2, 0.25) is 0 Å². The van der Waals surface area contributed by atoms with Gasteiger partial charge in [0, 0.05) is 32.5 Å². The van der Waals surface area contributed by atoms with Crippen molar-refractivity contribution < 1.29 is 23.8 Å². The Morgan fingerprint density at radius 2 is 1.86 bits per heavy atom. The largest absolute Gasteiger partial charge is 0.478 e. The minimum Gasteiger partial charge on any atom is -0.478 e. The lowest BCUT2D eigenvalue weighted by Crippen LogP contribution is -2.33. The van der Waals surface area contributed by atoms with Gasteiger partial charge in [0.25, 0.3) is 0 Å². The standard InChI is InChI=1S/C14H21FN2O4/c1-3-20-9-7-17(8-10-21-4-2)13-12(15)11(14(18)19)5-6-16-13/h5-6H,3-4,7-10H2,1-2H3,(H,18,19). The normalized spacial score (nSPS) is 10.6. The third kappa shape index (κ3) is 5.28. The van der Waals surface area contributed by atoms with E-state index in [9.17, 15) is 9.18 Å². The summed E-state index contributed by atoms with van der Waals surface area (Å²) in [5.74, 6) is -2.14. The number of halogens is 1. The Hall–Kier alpha value is -1.73. The molecule has 0 aliphatic carbocycles. The Morgan fingerprint density at radius 1 is 1.29 bits per heavy atom. The molecule has 0 spiro atoms. The van der Waals surface area contributed by atoms with Gasteiger partial charge in [-0.3, -0.25) is 0 Å². The summed E-state index contributed by atoms with van der Waals surface area (Å²) in [6.45, 7) is 6.49. The summed E-state index contributed by atoms with van der Waals surface area (Å²) in [6, 6.07) is 1.14. The monoisotopic (exact) mass is 300 g/mol. The number of nitrogens with zero attached hydrogens (tertiary/aromatic N) is 2. The molecular weight excluding hydrogens is 279 g/mol. The molecule has 0 aromatic carbocycles. The van der Waals surface area contributed by atoms with Crippen LogP contribution in [0.2, 0.25) is 0 Å². The van der Waals surface area contributed by atoms with E-state index >= 15 is 0 Å². The number of ether oxygens (including phenoxy) is 2. The van der Waals surface area contributed by atoms with Gasteiger partial charge in [-0.05, 0) is 19.9 Å². The van der Waals surface area contributed by atoms with Crippen LogP contribution in [0.25, 0.3) is 0 Å². The average molecular weight is 300 g/mol. The first-order chi connectivity index (χ1) is 10.1. The lowest BCUT2D eigenvalue weighted by molar-refractivity contribution is 0.0691. The maximum absolute atomic E-state index is 14.2. The third-order valence-electron chi connectivity index (χ3n) is 2.82. The lowest BCUT2D eigenvalue weighted by Gasteiger charge is -2.24. The van der Waals surface area contributed by atoms with Gasteiger partial charge < -0.3 is 19.5 Å². The van der Waals surface area contributed by atoms with Crippen molar-refractivity contribution in [3.05, 3.63) is 23.6 Å². The van der Waals surface area contributed by atoms with E-state index in [0.29, 0.717) is 39.5 Å². The van der Waals surface area contributed by atoms with Gasteiger partial charge in [-0.15, -0.1) is 0 Å². The van der Waals surface area contributed by atoms with Crippen molar-refractivity contribution in [1.29, 1.82) is 0 Å². The smallest absolute Gasteiger partial charge is 0.338 e. The minimum atomic E-state index is -1.31. The number of aromatic nitrogens is 1. The van der Waals surface area contributed by atoms with E-state index < -0.39 is 17.3 Å². The van der Waals surface area contributed by atoms with E-state index in [4.69, 9.17) is 14.6 Å². The van der Waals surface area contributed by atoms with E-state index in [2.05, 4.69) is 4.98 Å². The zero-order valence-corrected chi connectivity index (χ0v) is 12.3. The van der Waals surface area contributed by atoms with E-state index in [-0.39, 0.29) is 5.82 Å². The second-order valence-corrected chi connectivity index (χ2v) is 4.18. The molecule has 1 heterocycles. The molecule has 6 nitrogen and oxygen atoms in total. The summed E-state index contributed by atoms with van der Waals surface area (Å²) in [7, 11) is 0. The Balaban J connectivity index is 2.89. The number of rotatable bonds is 10. The molecule has 0 aliphatic rings. The molecule has 1 aromatic heterocycles. The number of anilines is 1. The molecular formula is C14H21FN2O4. The predicted octanol–water partition coefficient (Wildman–Crippen LogP) is 1.80. The van der Waals surface area contributed by atoms with Crippen LogP contribution in [0.3, 0.4) is 0 Å². The van der Waals surface area contributed by atoms with Gasteiger partial charge in [-0.2, -0.15) is 0 Å². The SMILES string of the molecule is CCOCCN(CCOCC)c1nccc(C(=O)O)c1F. The van der Waals surface area contributed by atoms with Gasteiger partial charge in [0.1, 0.15) is 5.56 Å². The molecule has 1 rings (SSSR count). The molecule has 118 valence electrons. The topological polar surface area (TPSA) is 71.9 Å². The third-order valence-corrected chi connectivity index (χ3v) is 2.82. The first-order valence-corrected chi connectivity index (χ1v) is 6.90. The first-order valence-electron chi connectivity index (χ1n) is 6.90. The first kappa shape index (κ1) is 17.3. The predicted molar refractivity (Wildman–Crippen MR) is 76.4 cm³/mol. The van der Waals surface area contributed by atoms with Crippen molar-refractivity contribution in [2.75, 3.05) is 44.4 Å². The van der Waals surface area contributed by atoms with E-state index in [1.54, 1.807) is 4.90 Å². The summed E-state index contributed by atoms with van der Waals surface area (Å²) in [6.07, 6.45) is 1.29. The minimum absolute atomic E-state index is 0.00862. The Morgan fingerprint density at radius 3 is 2.33 bits per heavy atom. The molecule has 21 heavy (non-hydrogen) atoms. The van der Waals surface area contributed by atoms with E-state index in [0.717, 1.165) is 6.07 Å². The number of aromatic carboxylic acids is 1. The molecule has 0 radical (unpaired) electrons. The highest BCUT2D eigenvalue weighted by Gasteiger charge is 2.19. The molecule has 0 bridgehead atoms. The molecule has 0 unspecified atom stereocenters. The highest BCUT2D eigenvalue weighted by Crippen LogP contribution is 2.19. The van der Waals surface area contributed by atoms with Crippen molar-refractivity contribution in [1.82, 2.24) is 4.98 Å². The van der Waals surface area contributed by atoms with Crippen molar-refractivity contribution in [3.63, 3.8) is 0 Å². The van der Waals surface area contributed by atoms with Crippen molar-refractivity contribution in [2.24, 2.45) is 0 Å². The van der Waals surface area contributed by atoms with E-state index in [1.807, 2.05) is 13.8 Å². The maximum atomic E-state index is 14.2. The zero-order valence-electron chi connectivity index (χ0n) is 12.3. The summed E-state index contributed by atoms with van der Waals surface area (Å²) in [5.41, 5.74) is -0.391. The van der Waals surface area contributed by atoms with Crippen molar-refractivity contribution >= 4 is 11.8 Å². The van der Waals surface area contributed by atoms with Crippen molar-refractivity contribution in [2.45, 2.75) is 13.8 Å². The molecule has 7 heteroatoms. The fourth-order valence-electron chi connectivity index (χ4n) is 1.78. The maximum Gasteiger partial charge on any atom is 0.338 e. The Kier molecular flexibility index (Phi) is 7.63. The highest BCUT2D eigenvalue weighted by molar-refractivity contribution is 5.88. The average Bonchev–Trinajstić information content (AvgIpc) is 2.46. The fraction of sp³-hybridized carbons (Fsp3) is 0.571. The van der Waals surface area contributed by atoms with Gasteiger partial charge >= 0.3 is 5.97 Å². The van der Waals surface area contributed by atoms with Crippen LogP contribution in [0.5, 0.6) is 0 Å². The molecule has 0 saturated carbocycles. The van der Waals surface area contributed by atoms with Crippen molar-refractivity contribution in [3.8, 4) is 0 Å². The quantitative estimate of drug-likeness (QED) is 0.664. The van der Waals surface area contributed by atoms with Gasteiger partial charge in [0.15, 0.2) is 11.6 Å². The summed E-state index contributed by atoms with van der Waals surface area (Å²) in [4.78, 5) is 16.6. The van der Waals surface area contributed by atoms with Crippen LogP contribution in [0.4, 0.5) is 10.2 Å². The molecule has 1 aromatic rings. The van der Waals surface area contributed by atoms with Crippen LogP contribution in [-0.2, 0) is 9.47 Å². The number of carbonyl (C=O) groups is 1. The summed E-state index contributed by atoms with van der Waals surface area (Å²) < 4.78 is 24.7. The molecule has 1 N–H and O–H groups in total. The molecule has 0 fully saturated rings. The lowest BCUT2D eigenvalue weighted by atomic mass is 10.2. The number of carboxylic acid groups (broad SMARTS) is 1. The zero-order chi connectivity index (χ0) is 15.7. The Bertz CT molecular complexity index is 447. The van der Waals surface area contributed by atoms with Crippen LogP contribution in [0, 0.1) is 5.82 Å². The molecule has 0 aliphatic heterocycles. The summed E-state index contributed by atoms with van der Waals surface area (Å²) >= 11 is 0. The number of hydrogen-bond donors (Lipinski definition) is 1. The van der Waals surface area contributed by atoms with Crippen LogP contribution < -0.4 is 4.90 Å². The second-order valence-electron chi connectivity index (χ2n) is 4.18. The number of carboxylic acids is 1. The molecule has 0 saturated heterocycles. The second kappa shape index (κ2) is 9.25. The number of pyridine rings is 1. The summed E-state index contributed by atoms with van der Waals surface area (Å²) in [5, 5.41) is 8.96. The van der Waals surface area contributed by atoms with Crippen LogP contribution in [0.15, 0.2) is 12.3 Å². The van der Waals surface area contributed by atoms with Gasteiger partial charge in [0.05, 0.1) is 13.2 Å². The van der Waals surface area contributed by atoms with Crippen LogP contribution in [-0.4, -0.2) is 55.6 Å². The Labute approximate surface area is 123 Å². The highest BCUT2D eigenvalue weighted by atomic mass is 19.1. The molecule has 0 atom stereocenters. The van der Waals surface area contributed by atoms with Gasteiger partial charge in [-0.25, -0.2) is 14.2 Å². The van der Waals surface area contributed by atoms with Crippen LogP contribution >= 0.6 is 0 Å². The molecule has 0 amide bonds.